The second-order valence-corrected chi connectivity index (χ2v) is 8.41. The van der Waals surface area contributed by atoms with Crippen molar-refractivity contribution in [2.75, 3.05) is 18.4 Å². The molecule has 2 atom stereocenters. The maximum atomic E-state index is 12.5. The Bertz CT molecular complexity index is 395. The van der Waals surface area contributed by atoms with E-state index in [1.165, 1.54) is 6.42 Å². The highest BCUT2D eigenvalue weighted by Gasteiger charge is 2.39. The SMILES string of the molecule is CC1CCCC(CBr)(NS(=O)(=O)N2CCCCC2)C1. The molecule has 1 N–H and O–H groups in total. The molecule has 0 aromatic rings. The quantitative estimate of drug-likeness (QED) is 0.790. The zero-order valence-electron chi connectivity index (χ0n) is 11.7. The number of nitrogens with one attached hydrogen (secondary N) is 1. The number of hydrogen-bond donors (Lipinski definition) is 1. The Morgan fingerprint density at radius 3 is 2.53 bits per heavy atom. The lowest BCUT2D eigenvalue weighted by Gasteiger charge is -2.40. The van der Waals surface area contributed by atoms with Crippen LogP contribution in [0.4, 0.5) is 0 Å². The van der Waals surface area contributed by atoms with E-state index < -0.39 is 10.2 Å². The van der Waals surface area contributed by atoms with Gasteiger partial charge in [0.15, 0.2) is 0 Å². The molecule has 0 bridgehead atoms. The van der Waals surface area contributed by atoms with Crippen molar-refractivity contribution in [3.8, 4) is 0 Å². The smallest absolute Gasteiger partial charge is 0.195 e. The van der Waals surface area contributed by atoms with Gasteiger partial charge in [0, 0.05) is 24.0 Å². The van der Waals surface area contributed by atoms with Gasteiger partial charge >= 0.3 is 0 Å². The van der Waals surface area contributed by atoms with E-state index in [2.05, 4.69) is 27.6 Å². The Labute approximate surface area is 125 Å². The molecule has 0 radical (unpaired) electrons. The van der Waals surface area contributed by atoms with Crippen molar-refractivity contribution in [2.24, 2.45) is 5.92 Å². The number of halogens is 1. The monoisotopic (exact) mass is 352 g/mol. The summed E-state index contributed by atoms with van der Waals surface area (Å²) in [5, 5.41) is 0.706. The van der Waals surface area contributed by atoms with E-state index in [9.17, 15) is 8.42 Å². The number of rotatable bonds is 4. The third-order valence-corrected chi connectivity index (χ3v) is 7.16. The Morgan fingerprint density at radius 1 is 1.26 bits per heavy atom. The maximum Gasteiger partial charge on any atom is 0.279 e. The molecule has 1 heterocycles. The van der Waals surface area contributed by atoms with Crippen LogP contribution in [0.2, 0.25) is 0 Å². The van der Waals surface area contributed by atoms with Crippen LogP contribution in [-0.4, -0.2) is 36.7 Å². The molecule has 1 aliphatic carbocycles. The molecular formula is C13H25BrN2O2S. The van der Waals surface area contributed by atoms with Crippen LogP contribution in [0, 0.1) is 5.92 Å². The predicted octanol–water partition coefficient (Wildman–Crippen LogP) is 2.65. The Balaban J connectivity index is 2.07. The fraction of sp³-hybridized carbons (Fsp3) is 1.00. The molecule has 0 spiro atoms. The highest BCUT2D eigenvalue weighted by Crippen LogP contribution is 2.34. The number of hydrogen-bond acceptors (Lipinski definition) is 2. The van der Waals surface area contributed by atoms with Crippen LogP contribution in [0.1, 0.15) is 51.9 Å². The van der Waals surface area contributed by atoms with Crippen LogP contribution in [0.25, 0.3) is 0 Å². The van der Waals surface area contributed by atoms with Gasteiger partial charge in [0.05, 0.1) is 0 Å². The van der Waals surface area contributed by atoms with Gasteiger partial charge in [-0.25, -0.2) is 0 Å². The van der Waals surface area contributed by atoms with E-state index in [-0.39, 0.29) is 5.54 Å². The molecule has 112 valence electrons. The van der Waals surface area contributed by atoms with Gasteiger partial charge in [0.1, 0.15) is 0 Å². The molecule has 0 aromatic carbocycles. The average Bonchev–Trinajstić information content (AvgIpc) is 2.39. The molecule has 4 nitrogen and oxygen atoms in total. The Morgan fingerprint density at radius 2 is 1.95 bits per heavy atom. The summed E-state index contributed by atoms with van der Waals surface area (Å²) in [6.45, 7) is 3.55. The number of alkyl halides is 1. The minimum absolute atomic E-state index is 0.284. The van der Waals surface area contributed by atoms with Crippen LogP contribution in [0.5, 0.6) is 0 Å². The van der Waals surface area contributed by atoms with Crippen molar-refractivity contribution in [1.29, 1.82) is 0 Å². The van der Waals surface area contributed by atoms with E-state index in [0.29, 0.717) is 24.3 Å². The first-order valence-corrected chi connectivity index (χ1v) is 9.89. The second kappa shape index (κ2) is 6.41. The molecule has 19 heavy (non-hydrogen) atoms. The summed E-state index contributed by atoms with van der Waals surface area (Å²) in [6.07, 6.45) is 7.31. The largest absolute Gasteiger partial charge is 0.279 e. The lowest BCUT2D eigenvalue weighted by molar-refractivity contribution is 0.233. The van der Waals surface area contributed by atoms with Gasteiger partial charge < -0.3 is 0 Å². The lowest BCUT2D eigenvalue weighted by Crippen LogP contribution is -2.57. The van der Waals surface area contributed by atoms with Crippen LogP contribution in [-0.2, 0) is 10.2 Å². The Hall–Kier alpha value is 0.350. The van der Waals surface area contributed by atoms with Gasteiger partial charge in [-0.1, -0.05) is 42.1 Å². The molecule has 2 unspecified atom stereocenters. The summed E-state index contributed by atoms with van der Waals surface area (Å²) >= 11 is 3.53. The zero-order valence-corrected chi connectivity index (χ0v) is 14.1. The van der Waals surface area contributed by atoms with Crippen molar-refractivity contribution in [3.63, 3.8) is 0 Å². The third-order valence-electron chi connectivity index (χ3n) is 4.35. The topological polar surface area (TPSA) is 49.4 Å². The van der Waals surface area contributed by atoms with E-state index in [4.69, 9.17) is 0 Å². The van der Waals surface area contributed by atoms with E-state index in [1.54, 1.807) is 4.31 Å². The first-order valence-electron chi connectivity index (χ1n) is 7.32. The van der Waals surface area contributed by atoms with Gasteiger partial charge in [0.25, 0.3) is 10.2 Å². The fourth-order valence-corrected chi connectivity index (χ4v) is 5.85. The Kier molecular flexibility index (Phi) is 5.31. The molecule has 2 rings (SSSR count). The molecule has 1 saturated heterocycles. The number of nitrogens with zero attached hydrogens (tertiary/aromatic N) is 1. The minimum atomic E-state index is -3.32. The fourth-order valence-electron chi connectivity index (χ4n) is 3.34. The van der Waals surface area contributed by atoms with Crippen LogP contribution >= 0.6 is 15.9 Å². The predicted molar refractivity (Wildman–Crippen MR) is 81.6 cm³/mol. The first-order chi connectivity index (χ1) is 8.97. The molecule has 2 aliphatic rings. The molecular weight excluding hydrogens is 328 g/mol. The normalized spacial score (nSPS) is 34.3. The highest BCUT2D eigenvalue weighted by atomic mass is 79.9. The second-order valence-electron chi connectivity index (χ2n) is 6.18. The molecule has 6 heteroatoms. The van der Waals surface area contributed by atoms with E-state index >= 15 is 0 Å². The summed E-state index contributed by atoms with van der Waals surface area (Å²) in [7, 11) is -3.32. The van der Waals surface area contributed by atoms with Crippen LogP contribution < -0.4 is 4.72 Å². The van der Waals surface area contributed by atoms with Crippen molar-refractivity contribution in [2.45, 2.75) is 57.4 Å². The first kappa shape index (κ1) is 15.7. The van der Waals surface area contributed by atoms with Gasteiger partial charge in [-0.15, -0.1) is 0 Å². The third kappa shape index (κ3) is 3.93. The van der Waals surface area contributed by atoms with Crippen LogP contribution in [0.15, 0.2) is 0 Å². The summed E-state index contributed by atoms with van der Waals surface area (Å²) in [5.41, 5.74) is -0.284. The minimum Gasteiger partial charge on any atom is -0.195 e. The number of piperidine rings is 1. The summed E-state index contributed by atoms with van der Waals surface area (Å²) < 4.78 is 29.7. The van der Waals surface area contributed by atoms with Crippen molar-refractivity contribution in [3.05, 3.63) is 0 Å². The summed E-state index contributed by atoms with van der Waals surface area (Å²) in [6, 6.07) is 0. The highest BCUT2D eigenvalue weighted by molar-refractivity contribution is 9.09. The van der Waals surface area contributed by atoms with E-state index in [1.807, 2.05) is 0 Å². The molecule has 1 saturated carbocycles. The maximum absolute atomic E-state index is 12.5. The van der Waals surface area contributed by atoms with Gasteiger partial charge in [-0.05, 0) is 31.6 Å². The van der Waals surface area contributed by atoms with Crippen molar-refractivity contribution < 1.29 is 8.42 Å². The van der Waals surface area contributed by atoms with Crippen molar-refractivity contribution in [1.82, 2.24) is 9.03 Å². The molecule has 1 aliphatic heterocycles. The van der Waals surface area contributed by atoms with Crippen molar-refractivity contribution >= 4 is 26.1 Å². The van der Waals surface area contributed by atoms with Gasteiger partial charge in [-0.2, -0.15) is 17.4 Å². The van der Waals surface area contributed by atoms with E-state index in [0.717, 1.165) is 38.5 Å². The summed E-state index contributed by atoms with van der Waals surface area (Å²) in [5.74, 6) is 0.593. The van der Waals surface area contributed by atoms with Gasteiger partial charge in [0.2, 0.25) is 0 Å². The van der Waals surface area contributed by atoms with Crippen LogP contribution in [0.3, 0.4) is 0 Å². The standard InChI is InChI=1S/C13H25BrN2O2S/c1-12-6-5-7-13(10-12,11-14)15-19(17,18)16-8-3-2-4-9-16/h12,15H,2-11H2,1H3. The van der Waals surface area contributed by atoms with Gasteiger partial charge in [-0.3, -0.25) is 0 Å². The lowest BCUT2D eigenvalue weighted by atomic mass is 9.78. The molecule has 0 aromatic heterocycles. The zero-order chi connectivity index (χ0) is 13.9. The molecule has 0 amide bonds. The average molecular weight is 353 g/mol. The summed E-state index contributed by atoms with van der Waals surface area (Å²) in [4.78, 5) is 0. The molecule has 2 fully saturated rings.